The summed E-state index contributed by atoms with van der Waals surface area (Å²) >= 11 is 0. The van der Waals surface area contributed by atoms with E-state index in [9.17, 15) is 27.8 Å². The molecule has 3 nitrogen and oxygen atoms in total. The molecule has 0 saturated heterocycles. The van der Waals surface area contributed by atoms with Gasteiger partial charge in [-0.05, 0) is 67.7 Å². The standard InChI is InChI=1S/C23H26F4O3/c1-2-3-17(28)16-9-11-19(23(27)21(16)25)30-12-13-4-6-14(7-5-13)15-8-10-18(29)22(26)20(15)24/h8-11,13-14,17,28-29H,2-7,12H2,1H3. The van der Waals surface area contributed by atoms with Gasteiger partial charge < -0.3 is 14.9 Å². The number of ether oxygens (including phenoxy) is 1. The predicted octanol–water partition coefficient (Wildman–Crippen LogP) is 6.13. The van der Waals surface area contributed by atoms with E-state index < -0.39 is 35.1 Å². The van der Waals surface area contributed by atoms with E-state index in [-0.39, 0.29) is 35.3 Å². The summed E-state index contributed by atoms with van der Waals surface area (Å²) in [6, 6.07) is 5.23. The van der Waals surface area contributed by atoms with Crippen molar-refractivity contribution in [3.8, 4) is 11.5 Å². The highest BCUT2D eigenvalue weighted by Gasteiger charge is 2.27. The Labute approximate surface area is 173 Å². The molecule has 1 aliphatic rings. The van der Waals surface area contributed by atoms with Gasteiger partial charge in [-0.15, -0.1) is 0 Å². The average Bonchev–Trinajstić information content (AvgIpc) is 2.74. The third-order valence-electron chi connectivity index (χ3n) is 5.85. The molecular weight excluding hydrogens is 400 g/mol. The zero-order valence-corrected chi connectivity index (χ0v) is 16.8. The molecule has 0 aromatic heterocycles. The third kappa shape index (κ3) is 4.72. The smallest absolute Gasteiger partial charge is 0.200 e. The molecule has 30 heavy (non-hydrogen) atoms. The molecule has 0 heterocycles. The molecule has 2 N–H and O–H groups in total. The van der Waals surface area contributed by atoms with Crippen molar-refractivity contribution in [2.75, 3.05) is 6.61 Å². The molecule has 0 radical (unpaired) electrons. The number of rotatable bonds is 7. The van der Waals surface area contributed by atoms with Gasteiger partial charge in [-0.3, -0.25) is 0 Å². The highest BCUT2D eigenvalue weighted by atomic mass is 19.2. The second kappa shape index (κ2) is 9.69. The van der Waals surface area contributed by atoms with Crippen LogP contribution < -0.4 is 4.74 Å². The van der Waals surface area contributed by atoms with E-state index in [0.29, 0.717) is 38.5 Å². The molecule has 0 bridgehead atoms. The van der Waals surface area contributed by atoms with Gasteiger partial charge in [0.2, 0.25) is 11.6 Å². The van der Waals surface area contributed by atoms with Crippen LogP contribution in [0.5, 0.6) is 11.5 Å². The lowest BCUT2D eigenvalue weighted by Crippen LogP contribution is -2.20. The zero-order chi connectivity index (χ0) is 21.8. The van der Waals surface area contributed by atoms with Gasteiger partial charge in [0, 0.05) is 5.56 Å². The maximum atomic E-state index is 14.3. The molecule has 2 aromatic rings. The van der Waals surface area contributed by atoms with Crippen LogP contribution in [0.1, 0.15) is 68.6 Å². The fourth-order valence-corrected chi connectivity index (χ4v) is 4.06. The SMILES string of the molecule is CCCC(O)c1ccc(OCC2CCC(c3ccc(O)c(F)c3F)CC2)c(F)c1F. The van der Waals surface area contributed by atoms with Gasteiger partial charge in [0.25, 0.3) is 0 Å². The third-order valence-corrected chi connectivity index (χ3v) is 5.85. The summed E-state index contributed by atoms with van der Waals surface area (Å²) in [6.45, 7) is 2.03. The minimum absolute atomic E-state index is 0.0784. The molecule has 1 aliphatic carbocycles. The largest absolute Gasteiger partial charge is 0.505 e. The highest BCUT2D eigenvalue weighted by Crippen LogP contribution is 2.39. The molecule has 3 rings (SSSR count). The number of halogens is 4. The first-order chi connectivity index (χ1) is 14.3. The summed E-state index contributed by atoms with van der Waals surface area (Å²) in [6.07, 6.45) is 2.48. The summed E-state index contributed by atoms with van der Waals surface area (Å²) < 4.78 is 61.7. The van der Waals surface area contributed by atoms with Crippen LogP contribution in [0.2, 0.25) is 0 Å². The second-order valence-corrected chi connectivity index (χ2v) is 7.92. The molecule has 1 unspecified atom stereocenters. The topological polar surface area (TPSA) is 49.7 Å². The van der Waals surface area contributed by atoms with E-state index >= 15 is 0 Å². The first kappa shape index (κ1) is 22.4. The predicted molar refractivity (Wildman–Crippen MR) is 104 cm³/mol. The average molecular weight is 426 g/mol. The van der Waals surface area contributed by atoms with Crippen molar-refractivity contribution in [1.82, 2.24) is 0 Å². The zero-order valence-electron chi connectivity index (χ0n) is 16.8. The van der Waals surface area contributed by atoms with E-state index in [0.717, 1.165) is 6.07 Å². The van der Waals surface area contributed by atoms with Crippen LogP contribution in [0, 0.1) is 29.2 Å². The second-order valence-electron chi connectivity index (χ2n) is 7.92. The molecular formula is C23H26F4O3. The molecule has 1 fully saturated rings. The molecule has 7 heteroatoms. The lowest BCUT2D eigenvalue weighted by Gasteiger charge is -2.29. The number of aromatic hydroxyl groups is 1. The lowest BCUT2D eigenvalue weighted by molar-refractivity contribution is 0.159. The number of hydrogen-bond acceptors (Lipinski definition) is 3. The van der Waals surface area contributed by atoms with Gasteiger partial charge in [-0.25, -0.2) is 8.78 Å². The van der Waals surface area contributed by atoms with E-state index in [1.165, 1.54) is 18.2 Å². The van der Waals surface area contributed by atoms with Crippen molar-refractivity contribution in [3.05, 3.63) is 58.7 Å². The fraction of sp³-hybridized carbons (Fsp3) is 0.478. The van der Waals surface area contributed by atoms with Crippen LogP contribution >= 0.6 is 0 Å². The quantitative estimate of drug-likeness (QED) is 0.523. The van der Waals surface area contributed by atoms with Crippen molar-refractivity contribution < 1.29 is 32.5 Å². The summed E-state index contributed by atoms with van der Waals surface area (Å²) in [5.74, 6) is -5.45. The Bertz CT molecular complexity index is 879. The van der Waals surface area contributed by atoms with Gasteiger partial charge in [0.1, 0.15) is 0 Å². The summed E-state index contributed by atoms with van der Waals surface area (Å²) in [5.41, 5.74) is 0.171. The summed E-state index contributed by atoms with van der Waals surface area (Å²) in [4.78, 5) is 0. The van der Waals surface area contributed by atoms with Crippen LogP contribution in [0.25, 0.3) is 0 Å². The molecule has 1 saturated carbocycles. The fourth-order valence-electron chi connectivity index (χ4n) is 4.06. The van der Waals surface area contributed by atoms with Crippen molar-refractivity contribution in [1.29, 1.82) is 0 Å². The van der Waals surface area contributed by atoms with E-state index in [1.807, 2.05) is 6.92 Å². The minimum Gasteiger partial charge on any atom is -0.505 e. The van der Waals surface area contributed by atoms with Crippen molar-refractivity contribution in [2.24, 2.45) is 5.92 Å². The number of hydrogen-bond donors (Lipinski definition) is 2. The number of aliphatic hydroxyl groups excluding tert-OH is 1. The maximum absolute atomic E-state index is 14.3. The van der Waals surface area contributed by atoms with Crippen molar-refractivity contribution in [2.45, 2.75) is 57.5 Å². The number of phenols is 1. The molecule has 0 aliphatic heterocycles. The molecule has 2 aromatic carbocycles. The van der Waals surface area contributed by atoms with E-state index in [1.54, 1.807) is 0 Å². The van der Waals surface area contributed by atoms with Crippen LogP contribution in [0.3, 0.4) is 0 Å². The molecule has 0 spiro atoms. The number of benzene rings is 2. The normalized spacial score (nSPS) is 20.2. The Morgan fingerprint density at radius 1 is 0.933 bits per heavy atom. The van der Waals surface area contributed by atoms with Crippen LogP contribution in [-0.4, -0.2) is 16.8 Å². The first-order valence-electron chi connectivity index (χ1n) is 10.3. The van der Waals surface area contributed by atoms with Crippen LogP contribution in [0.15, 0.2) is 24.3 Å². The van der Waals surface area contributed by atoms with Gasteiger partial charge >= 0.3 is 0 Å². The number of phenolic OH excluding ortho intramolecular Hbond substituents is 1. The van der Waals surface area contributed by atoms with E-state index in [4.69, 9.17) is 4.74 Å². The molecule has 0 amide bonds. The molecule has 1 atom stereocenters. The van der Waals surface area contributed by atoms with Crippen molar-refractivity contribution in [3.63, 3.8) is 0 Å². The Balaban J connectivity index is 1.57. The monoisotopic (exact) mass is 426 g/mol. The lowest BCUT2D eigenvalue weighted by atomic mass is 9.79. The first-order valence-corrected chi connectivity index (χ1v) is 10.3. The number of aliphatic hydroxyl groups is 1. The Kier molecular flexibility index (Phi) is 7.23. The van der Waals surface area contributed by atoms with Gasteiger partial charge in [-0.2, -0.15) is 8.78 Å². The van der Waals surface area contributed by atoms with Gasteiger partial charge in [0.05, 0.1) is 12.7 Å². The Morgan fingerprint density at radius 3 is 2.30 bits per heavy atom. The Hall–Kier alpha value is -2.28. The van der Waals surface area contributed by atoms with Crippen LogP contribution in [0.4, 0.5) is 17.6 Å². The van der Waals surface area contributed by atoms with E-state index in [2.05, 4.69) is 0 Å². The Morgan fingerprint density at radius 2 is 1.63 bits per heavy atom. The molecule has 164 valence electrons. The van der Waals surface area contributed by atoms with Crippen molar-refractivity contribution >= 4 is 0 Å². The summed E-state index contributed by atoms with van der Waals surface area (Å²) in [5, 5.41) is 19.2. The van der Waals surface area contributed by atoms with Crippen LogP contribution in [-0.2, 0) is 0 Å². The van der Waals surface area contributed by atoms with Gasteiger partial charge in [-0.1, -0.05) is 19.4 Å². The highest BCUT2D eigenvalue weighted by molar-refractivity contribution is 5.33. The minimum atomic E-state index is -1.23. The van der Waals surface area contributed by atoms with Gasteiger partial charge in [0.15, 0.2) is 23.1 Å². The summed E-state index contributed by atoms with van der Waals surface area (Å²) in [7, 11) is 0. The maximum Gasteiger partial charge on any atom is 0.200 e.